The summed E-state index contributed by atoms with van der Waals surface area (Å²) in [6.45, 7) is 14.1. The van der Waals surface area contributed by atoms with Gasteiger partial charge in [-0.1, -0.05) is 34.1 Å². The van der Waals surface area contributed by atoms with E-state index in [1.54, 1.807) is 10.5 Å². The minimum absolute atomic E-state index is 0.0217. The van der Waals surface area contributed by atoms with Gasteiger partial charge in [0.2, 0.25) is 5.78 Å². The van der Waals surface area contributed by atoms with Gasteiger partial charge >= 0.3 is 0 Å². The molecule has 0 aliphatic carbocycles. The van der Waals surface area contributed by atoms with Gasteiger partial charge in [0.25, 0.3) is 11.5 Å². The van der Waals surface area contributed by atoms with Crippen molar-refractivity contribution in [1.82, 2.24) is 23.8 Å². The third-order valence-electron chi connectivity index (χ3n) is 8.69. The first-order valence-corrected chi connectivity index (χ1v) is 15.9. The number of nitrogens with zero attached hydrogens (tertiary/aromatic N) is 5. The number of phenolic OH excluding ortho intramolecular Hbond substituents is 1. The number of imidazole rings is 1. The zero-order valence-corrected chi connectivity index (χ0v) is 26.4. The quantitative estimate of drug-likeness (QED) is 0.220. The minimum Gasteiger partial charge on any atom is -0.504 e. The number of aryl methyl sites for hydroxylation is 1. The highest BCUT2D eigenvalue weighted by Gasteiger charge is 2.22. The van der Waals surface area contributed by atoms with Crippen LogP contribution in [0.15, 0.2) is 35.1 Å². The fraction of sp³-hybridized carbons (Fsp3) is 0.559. The van der Waals surface area contributed by atoms with Crippen molar-refractivity contribution in [2.45, 2.75) is 72.8 Å². The number of carbonyl (C=O) groups excluding carboxylic acids is 1. The van der Waals surface area contributed by atoms with Crippen LogP contribution in [0.5, 0.6) is 11.5 Å². The van der Waals surface area contributed by atoms with E-state index in [1.807, 2.05) is 23.1 Å². The van der Waals surface area contributed by atoms with Gasteiger partial charge in [-0.3, -0.25) is 9.59 Å². The first kappa shape index (κ1) is 30.9. The normalized spacial score (nSPS) is 14.5. The van der Waals surface area contributed by atoms with E-state index in [0.717, 1.165) is 57.5 Å². The number of benzene rings is 2. The summed E-state index contributed by atoms with van der Waals surface area (Å²) in [5, 5.41) is 10.8. The van der Waals surface area contributed by atoms with E-state index in [2.05, 4.69) is 37.2 Å². The largest absolute Gasteiger partial charge is 0.504 e. The molecule has 3 heterocycles. The molecule has 2 aromatic heterocycles. The summed E-state index contributed by atoms with van der Waals surface area (Å²) in [5.41, 5.74) is 2.33. The molecular formula is C34H47N5O4. The van der Waals surface area contributed by atoms with Crippen LogP contribution in [0.4, 0.5) is 0 Å². The van der Waals surface area contributed by atoms with E-state index >= 15 is 0 Å². The Labute approximate surface area is 254 Å². The molecule has 1 aliphatic heterocycles. The van der Waals surface area contributed by atoms with Crippen LogP contribution in [0.1, 0.15) is 76.6 Å². The first-order valence-electron chi connectivity index (χ1n) is 15.9. The number of piperidine rings is 1. The number of amides is 1. The van der Waals surface area contributed by atoms with Crippen molar-refractivity contribution in [3.05, 3.63) is 46.2 Å². The molecule has 1 saturated heterocycles. The second-order valence-corrected chi connectivity index (χ2v) is 12.9. The summed E-state index contributed by atoms with van der Waals surface area (Å²) in [6, 6.07) is 8.69. The van der Waals surface area contributed by atoms with Crippen molar-refractivity contribution >= 4 is 33.6 Å². The molecular weight excluding hydrogens is 542 g/mol. The van der Waals surface area contributed by atoms with Gasteiger partial charge in [-0.05, 0) is 87.8 Å². The standard InChI is InChI=1S/C34H47N5O4/c1-23(2)12-18-37(19-13-24(3)4)32(41)25-10-11-28-29(20-25)38(17-9-16-36-14-7-6-8-15-36)34-35-27-22-30(40)31(43-5)21-26(27)33(42)39(28)34/h10-11,20-24,40H,6-9,12-19H2,1-5H3. The number of hydrogen-bond donors (Lipinski definition) is 1. The van der Waals surface area contributed by atoms with Crippen LogP contribution in [0.25, 0.3) is 27.7 Å². The highest BCUT2D eigenvalue weighted by atomic mass is 16.5. The number of aromatic hydroxyl groups is 1. The number of aromatic nitrogens is 3. The summed E-state index contributed by atoms with van der Waals surface area (Å²) in [7, 11) is 1.46. The zero-order chi connectivity index (χ0) is 30.7. The maximum atomic E-state index is 13.9. The Morgan fingerprint density at radius 2 is 1.67 bits per heavy atom. The van der Waals surface area contributed by atoms with Crippen molar-refractivity contribution in [2.24, 2.45) is 11.8 Å². The second kappa shape index (κ2) is 13.4. The predicted octanol–water partition coefficient (Wildman–Crippen LogP) is 5.93. The Hall–Kier alpha value is -3.59. The number of fused-ring (bicyclic) bond motifs is 4. The average Bonchev–Trinajstić information content (AvgIpc) is 3.29. The number of phenols is 1. The van der Waals surface area contributed by atoms with Crippen LogP contribution in [0.3, 0.4) is 0 Å². The van der Waals surface area contributed by atoms with Gasteiger partial charge in [-0.15, -0.1) is 0 Å². The fourth-order valence-electron chi connectivity index (χ4n) is 6.10. The van der Waals surface area contributed by atoms with Crippen molar-refractivity contribution in [1.29, 1.82) is 0 Å². The minimum atomic E-state index is -0.229. The van der Waals surface area contributed by atoms with E-state index in [9.17, 15) is 14.7 Å². The molecule has 0 atom stereocenters. The average molecular weight is 590 g/mol. The molecule has 0 unspecified atom stereocenters. The molecule has 1 fully saturated rings. The second-order valence-electron chi connectivity index (χ2n) is 12.9. The van der Waals surface area contributed by atoms with Crippen molar-refractivity contribution in [2.75, 3.05) is 39.8 Å². The summed E-state index contributed by atoms with van der Waals surface area (Å²) in [5.74, 6) is 1.71. The molecule has 232 valence electrons. The van der Waals surface area contributed by atoms with Gasteiger partial charge in [0.15, 0.2) is 11.5 Å². The van der Waals surface area contributed by atoms with Crippen LogP contribution in [-0.2, 0) is 6.54 Å². The summed E-state index contributed by atoms with van der Waals surface area (Å²) < 4.78 is 8.99. The predicted molar refractivity (Wildman–Crippen MR) is 172 cm³/mol. The third-order valence-corrected chi connectivity index (χ3v) is 8.69. The van der Waals surface area contributed by atoms with Gasteiger partial charge in [0.05, 0.1) is 29.0 Å². The molecule has 5 rings (SSSR count). The molecule has 0 radical (unpaired) electrons. The van der Waals surface area contributed by atoms with E-state index in [1.165, 1.54) is 32.4 Å². The number of ether oxygens (including phenoxy) is 1. The maximum absolute atomic E-state index is 13.9. The van der Waals surface area contributed by atoms with Gasteiger partial charge < -0.3 is 24.2 Å². The number of rotatable bonds is 12. The lowest BCUT2D eigenvalue weighted by atomic mass is 10.1. The van der Waals surface area contributed by atoms with Crippen LogP contribution in [-0.4, -0.2) is 74.6 Å². The number of methoxy groups -OCH3 is 1. The smallest absolute Gasteiger partial charge is 0.267 e. The van der Waals surface area contributed by atoms with Gasteiger partial charge in [-0.2, -0.15) is 0 Å². The van der Waals surface area contributed by atoms with Crippen molar-refractivity contribution in [3.63, 3.8) is 0 Å². The molecule has 9 nitrogen and oxygen atoms in total. The van der Waals surface area contributed by atoms with E-state index in [-0.39, 0.29) is 23.0 Å². The zero-order valence-electron chi connectivity index (χ0n) is 26.4. The molecule has 1 N–H and O–H groups in total. The molecule has 0 saturated carbocycles. The number of hydrogen-bond acceptors (Lipinski definition) is 6. The van der Waals surface area contributed by atoms with E-state index in [0.29, 0.717) is 46.1 Å². The molecule has 1 amide bonds. The Bertz CT molecular complexity index is 1640. The van der Waals surface area contributed by atoms with E-state index in [4.69, 9.17) is 9.72 Å². The number of likely N-dealkylation sites (tertiary alicyclic amines) is 1. The van der Waals surface area contributed by atoms with Gasteiger partial charge in [0, 0.05) is 31.3 Å². The molecule has 9 heteroatoms. The van der Waals surface area contributed by atoms with Crippen molar-refractivity contribution < 1.29 is 14.6 Å². The van der Waals surface area contributed by atoms with Crippen LogP contribution in [0.2, 0.25) is 0 Å². The first-order chi connectivity index (χ1) is 20.7. The third kappa shape index (κ3) is 6.66. The molecule has 4 aromatic rings. The van der Waals surface area contributed by atoms with Crippen molar-refractivity contribution in [3.8, 4) is 11.5 Å². The summed E-state index contributed by atoms with van der Waals surface area (Å²) in [4.78, 5) is 37.2. The van der Waals surface area contributed by atoms with E-state index < -0.39 is 0 Å². The topological polar surface area (TPSA) is 92.3 Å². The van der Waals surface area contributed by atoms with Crippen LogP contribution < -0.4 is 10.3 Å². The summed E-state index contributed by atoms with van der Waals surface area (Å²) in [6.07, 6.45) is 6.56. The molecule has 2 aromatic carbocycles. The Morgan fingerprint density at radius 1 is 0.977 bits per heavy atom. The molecule has 0 bridgehead atoms. The fourth-order valence-corrected chi connectivity index (χ4v) is 6.10. The maximum Gasteiger partial charge on any atom is 0.267 e. The Morgan fingerprint density at radius 3 is 2.33 bits per heavy atom. The lowest BCUT2D eigenvalue weighted by molar-refractivity contribution is 0.0741. The highest BCUT2D eigenvalue weighted by Crippen LogP contribution is 2.30. The Balaban J connectivity index is 1.60. The highest BCUT2D eigenvalue weighted by molar-refractivity contribution is 5.98. The monoisotopic (exact) mass is 589 g/mol. The summed E-state index contributed by atoms with van der Waals surface area (Å²) >= 11 is 0. The molecule has 0 spiro atoms. The number of carbonyl (C=O) groups is 1. The van der Waals surface area contributed by atoms with Crippen LogP contribution in [0, 0.1) is 11.8 Å². The molecule has 1 aliphatic rings. The lowest BCUT2D eigenvalue weighted by Crippen LogP contribution is -2.34. The van der Waals surface area contributed by atoms with Gasteiger partial charge in [0.1, 0.15) is 0 Å². The SMILES string of the molecule is COc1cc2c(=O)n3c4ccc(C(=O)N(CCC(C)C)CCC(C)C)cc4n(CCCN4CCCCC4)c3nc2cc1O. The Kier molecular flexibility index (Phi) is 9.59. The van der Waals surface area contributed by atoms with Gasteiger partial charge in [-0.25, -0.2) is 9.38 Å². The molecule has 43 heavy (non-hydrogen) atoms. The van der Waals surface area contributed by atoms with Crippen LogP contribution >= 0.6 is 0 Å². The lowest BCUT2D eigenvalue weighted by Gasteiger charge is -2.26.